The molecule has 0 aliphatic heterocycles. The summed E-state index contributed by atoms with van der Waals surface area (Å²) in [4.78, 5) is 8.76. The topological polar surface area (TPSA) is 126 Å². The molecule has 11 heteroatoms. The largest absolute Gasteiger partial charge is 0.394 e. The second-order valence-electron chi connectivity index (χ2n) is 6.17. The maximum Gasteiger partial charge on any atom is 0.191 e. The van der Waals surface area contributed by atoms with Crippen molar-refractivity contribution in [2.45, 2.75) is 55.7 Å². The molecule has 9 nitrogen and oxygen atoms in total. The second kappa shape index (κ2) is 8.77. The van der Waals surface area contributed by atoms with E-state index in [-0.39, 0.29) is 30.8 Å². The van der Waals surface area contributed by atoms with Gasteiger partial charge in [-0.1, -0.05) is 35.5 Å². The van der Waals surface area contributed by atoms with Crippen molar-refractivity contribution < 1.29 is 20.1 Å². The van der Waals surface area contributed by atoms with Crippen LogP contribution in [0.4, 0.5) is 0 Å². The highest BCUT2D eigenvalue weighted by Crippen LogP contribution is 2.33. The van der Waals surface area contributed by atoms with Gasteiger partial charge in [-0.25, -0.2) is 14.6 Å². The zero-order chi connectivity index (χ0) is 18.7. The standard InChI is InChI=1S/C15H22ClN5O4S/c1-2-5-26-15-17-13(16)11-14(18-15)21(20-19-11)8-6-9(23)12(24)10(7-8)25-4-3-22/h8-10,12,22-24H,2-7H2,1H3. The van der Waals surface area contributed by atoms with Crippen molar-refractivity contribution in [3.05, 3.63) is 5.15 Å². The molecule has 2 aromatic heterocycles. The molecule has 3 N–H and O–H groups in total. The van der Waals surface area contributed by atoms with E-state index in [1.807, 2.05) is 0 Å². The van der Waals surface area contributed by atoms with Crippen LogP contribution >= 0.6 is 23.4 Å². The number of fused-ring (bicyclic) bond motifs is 1. The van der Waals surface area contributed by atoms with E-state index in [2.05, 4.69) is 27.2 Å². The van der Waals surface area contributed by atoms with Crippen molar-refractivity contribution in [1.82, 2.24) is 25.0 Å². The van der Waals surface area contributed by atoms with Crippen LogP contribution in [0.3, 0.4) is 0 Å². The first-order valence-electron chi connectivity index (χ1n) is 8.55. The van der Waals surface area contributed by atoms with Crippen LogP contribution in [0.5, 0.6) is 0 Å². The number of aromatic nitrogens is 5. The molecule has 1 fully saturated rings. The van der Waals surface area contributed by atoms with E-state index >= 15 is 0 Å². The summed E-state index contributed by atoms with van der Waals surface area (Å²) >= 11 is 7.72. The first-order chi connectivity index (χ1) is 12.5. The molecule has 0 bridgehead atoms. The number of halogens is 1. The van der Waals surface area contributed by atoms with Gasteiger partial charge >= 0.3 is 0 Å². The third kappa shape index (κ3) is 4.10. The molecule has 1 aliphatic carbocycles. The van der Waals surface area contributed by atoms with Crippen LogP contribution < -0.4 is 0 Å². The molecular formula is C15H22ClN5O4S. The number of thioether (sulfide) groups is 1. The van der Waals surface area contributed by atoms with E-state index in [0.717, 1.165) is 12.2 Å². The fourth-order valence-corrected chi connectivity index (χ4v) is 3.97. The van der Waals surface area contributed by atoms with Crippen molar-refractivity contribution >= 4 is 34.5 Å². The number of hydrogen-bond donors (Lipinski definition) is 3. The number of rotatable bonds is 7. The zero-order valence-electron chi connectivity index (χ0n) is 14.3. The van der Waals surface area contributed by atoms with Crippen molar-refractivity contribution in [2.75, 3.05) is 19.0 Å². The molecule has 4 atom stereocenters. The third-order valence-electron chi connectivity index (χ3n) is 4.26. The van der Waals surface area contributed by atoms with Crippen LogP contribution in [0.2, 0.25) is 5.15 Å². The molecule has 4 unspecified atom stereocenters. The lowest BCUT2D eigenvalue weighted by Crippen LogP contribution is -2.46. The van der Waals surface area contributed by atoms with E-state index < -0.39 is 18.3 Å². The Labute approximate surface area is 159 Å². The number of aliphatic hydroxyl groups excluding tert-OH is 3. The van der Waals surface area contributed by atoms with E-state index in [9.17, 15) is 10.2 Å². The minimum Gasteiger partial charge on any atom is -0.394 e. The fourth-order valence-electron chi connectivity index (χ4n) is 3.02. The van der Waals surface area contributed by atoms with Gasteiger partial charge in [-0.3, -0.25) is 0 Å². The van der Waals surface area contributed by atoms with Crippen molar-refractivity contribution in [3.8, 4) is 0 Å². The molecule has 1 saturated carbocycles. The van der Waals surface area contributed by atoms with Crippen LogP contribution in [0, 0.1) is 0 Å². The summed E-state index contributed by atoms with van der Waals surface area (Å²) < 4.78 is 7.09. The lowest BCUT2D eigenvalue weighted by Gasteiger charge is -2.36. The van der Waals surface area contributed by atoms with Gasteiger partial charge in [-0.2, -0.15) is 0 Å². The maximum atomic E-state index is 10.2. The van der Waals surface area contributed by atoms with Gasteiger partial charge in [0.15, 0.2) is 21.5 Å². The van der Waals surface area contributed by atoms with E-state index in [0.29, 0.717) is 22.7 Å². The summed E-state index contributed by atoms with van der Waals surface area (Å²) in [7, 11) is 0. The predicted octanol–water partition coefficient (Wildman–Crippen LogP) is 0.811. The monoisotopic (exact) mass is 403 g/mol. The minimum absolute atomic E-state index is 0.0884. The SMILES string of the molecule is CCCSc1nc(Cl)c2nnn(C3CC(O)C(O)C(OCCO)C3)c2n1. The second-order valence-corrected chi connectivity index (χ2v) is 7.59. The lowest BCUT2D eigenvalue weighted by atomic mass is 9.88. The zero-order valence-corrected chi connectivity index (χ0v) is 15.9. The smallest absolute Gasteiger partial charge is 0.191 e. The molecule has 0 aromatic carbocycles. The molecular weight excluding hydrogens is 382 g/mol. The average Bonchev–Trinajstić information content (AvgIpc) is 3.05. The third-order valence-corrected chi connectivity index (χ3v) is 5.57. The fraction of sp³-hybridized carbons (Fsp3) is 0.733. The Kier molecular flexibility index (Phi) is 6.65. The Bertz CT molecular complexity index is 748. The molecule has 0 spiro atoms. The Balaban J connectivity index is 1.89. The molecule has 3 rings (SSSR count). The summed E-state index contributed by atoms with van der Waals surface area (Å²) in [6.45, 7) is 2.00. The summed E-state index contributed by atoms with van der Waals surface area (Å²) in [5.41, 5.74) is 0.902. The normalized spacial score (nSPS) is 26.5. The van der Waals surface area contributed by atoms with Crippen LogP contribution in [0.15, 0.2) is 5.16 Å². The highest BCUT2D eigenvalue weighted by Gasteiger charge is 2.38. The molecule has 0 saturated heterocycles. The first kappa shape index (κ1) is 19.7. The Morgan fingerprint density at radius 3 is 2.85 bits per heavy atom. The first-order valence-corrected chi connectivity index (χ1v) is 9.91. The summed E-state index contributed by atoms with van der Waals surface area (Å²) in [5.74, 6) is 0.870. The van der Waals surface area contributed by atoms with Gasteiger partial charge < -0.3 is 20.1 Å². The summed E-state index contributed by atoms with van der Waals surface area (Å²) in [6.07, 6.45) is -0.906. The molecule has 1 aliphatic rings. The molecule has 2 aromatic rings. The molecule has 144 valence electrons. The summed E-state index contributed by atoms with van der Waals surface area (Å²) in [5, 5.41) is 38.3. The van der Waals surface area contributed by atoms with E-state index in [1.54, 1.807) is 4.68 Å². The number of ether oxygens (including phenoxy) is 1. The Morgan fingerprint density at radius 2 is 2.12 bits per heavy atom. The highest BCUT2D eigenvalue weighted by atomic mass is 35.5. The quantitative estimate of drug-likeness (QED) is 0.349. The van der Waals surface area contributed by atoms with Gasteiger partial charge in [0, 0.05) is 5.75 Å². The van der Waals surface area contributed by atoms with Gasteiger partial charge in [-0.05, 0) is 19.3 Å². The van der Waals surface area contributed by atoms with Gasteiger partial charge in [-0.15, -0.1) is 5.10 Å². The minimum atomic E-state index is -1.01. The van der Waals surface area contributed by atoms with Gasteiger partial charge in [0.2, 0.25) is 0 Å². The molecule has 0 amide bonds. The molecule has 2 heterocycles. The Hall–Kier alpha value is -1.04. The number of hydrogen-bond acceptors (Lipinski definition) is 9. The molecule has 26 heavy (non-hydrogen) atoms. The predicted molar refractivity (Wildman–Crippen MR) is 96.3 cm³/mol. The maximum absolute atomic E-state index is 10.2. The van der Waals surface area contributed by atoms with Crippen molar-refractivity contribution in [1.29, 1.82) is 0 Å². The van der Waals surface area contributed by atoms with Crippen LogP contribution in [0.25, 0.3) is 11.2 Å². The number of aliphatic hydroxyl groups is 3. The van der Waals surface area contributed by atoms with Crippen molar-refractivity contribution in [2.24, 2.45) is 0 Å². The van der Waals surface area contributed by atoms with Crippen LogP contribution in [0.1, 0.15) is 32.2 Å². The van der Waals surface area contributed by atoms with E-state index in [4.69, 9.17) is 21.4 Å². The Morgan fingerprint density at radius 1 is 1.31 bits per heavy atom. The van der Waals surface area contributed by atoms with Crippen LogP contribution in [-0.2, 0) is 4.74 Å². The lowest BCUT2D eigenvalue weighted by molar-refractivity contribution is -0.128. The number of nitrogens with zero attached hydrogens (tertiary/aromatic N) is 5. The van der Waals surface area contributed by atoms with Gasteiger partial charge in [0.1, 0.15) is 6.10 Å². The van der Waals surface area contributed by atoms with Crippen LogP contribution in [-0.4, -0.2) is 77.6 Å². The highest BCUT2D eigenvalue weighted by molar-refractivity contribution is 7.99. The summed E-state index contributed by atoms with van der Waals surface area (Å²) in [6, 6.07) is -0.267. The molecule has 0 radical (unpaired) electrons. The average molecular weight is 404 g/mol. The van der Waals surface area contributed by atoms with E-state index in [1.165, 1.54) is 11.8 Å². The van der Waals surface area contributed by atoms with Gasteiger partial charge in [0.25, 0.3) is 0 Å². The van der Waals surface area contributed by atoms with Crippen molar-refractivity contribution in [3.63, 3.8) is 0 Å². The van der Waals surface area contributed by atoms with Gasteiger partial charge in [0.05, 0.1) is 31.5 Å².